The highest BCUT2D eigenvalue weighted by Gasteiger charge is 2.39. The van der Waals surface area contributed by atoms with Gasteiger partial charge in [0.2, 0.25) is 0 Å². The first kappa shape index (κ1) is 23.4. The number of hydrogen-bond donors (Lipinski definition) is 1. The zero-order valence-corrected chi connectivity index (χ0v) is 18.3. The molecule has 0 saturated carbocycles. The Morgan fingerprint density at radius 2 is 1.90 bits per heavy atom. The fourth-order valence-electron chi connectivity index (χ4n) is 4.03. The second-order valence-corrected chi connectivity index (χ2v) is 8.49. The summed E-state index contributed by atoms with van der Waals surface area (Å²) in [6.07, 6.45) is -1.54. The van der Waals surface area contributed by atoms with E-state index in [0.29, 0.717) is 13.0 Å². The summed E-state index contributed by atoms with van der Waals surface area (Å²) >= 11 is 1.04. The number of likely N-dealkylation sites (tertiary alicyclic amines) is 1. The van der Waals surface area contributed by atoms with Crippen LogP contribution in [0.2, 0.25) is 0 Å². The molecule has 0 bridgehead atoms. The maximum atomic E-state index is 13.5. The molecular formula is C22H24F4N2O2S. The topological polar surface area (TPSA) is 41.6 Å². The summed E-state index contributed by atoms with van der Waals surface area (Å²) in [4.78, 5) is 15.6. The van der Waals surface area contributed by atoms with Gasteiger partial charge in [-0.25, -0.2) is 4.39 Å². The number of likely N-dealkylation sites (N-methyl/N-ethyl adjacent to an activating group) is 1. The van der Waals surface area contributed by atoms with E-state index in [1.165, 1.54) is 19.2 Å². The first-order valence-electron chi connectivity index (χ1n) is 9.70. The Balaban J connectivity index is 2.05. The van der Waals surface area contributed by atoms with Gasteiger partial charge >= 0.3 is 6.18 Å². The van der Waals surface area contributed by atoms with Crippen molar-refractivity contribution in [2.24, 2.45) is 0 Å². The minimum absolute atomic E-state index is 0.0534. The van der Waals surface area contributed by atoms with Crippen LogP contribution in [0.1, 0.15) is 34.3 Å². The molecule has 3 rings (SSSR count). The molecule has 1 aliphatic heterocycles. The molecule has 1 atom stereocenters. The number of hydrogen-bond acceptors (Lipinski definition) is 4. The van der Waals surface area contributed by atoms with Crippen LogP contribution in [0.4, 0.5) is 17.6 Å². The van der Waals surface area contributed by atoms with Gasteiger partial charge in [0.1, 0.15) is 11.6 Å². The van der Waals surface area contributed by atoms with Crippen LogP contribution >= 0.6 is 11.8 Å². The highest BCUT2D eigenvalue weighted by atomic mass is 32.2. The lowest BCUT2D eigenvalue weighted by Gasteiger charge is -2.42. The Kier molecular flexibility index (Phi) is 6.85. The van der Waals surface area contributed by atoms with Gasteiger partial charge in [0.25, 0.3) is 5.91 Å². The van der Waals surface area contributed by atoms with Crippen molar-refractivity contribution in [3.05, 3.63) is 58.9 Å². The van der Waals surface area contributed by atoms with Crippen LogP contribution < -0.4 is 10.1 Å². The second-order valence-electron chi connectivity index (χ2n) is 7.64. The Hall–Kier alpha value is -2.26. The van der Waals surface area contributed by atoms with E-state index in [0.717, 1.165) is 42.4 Å². The molecular weight excluding hydrogens is 432 g/mol. The van der Waals surface area contributed by atoms with Crippen molar-refractivity contribution in [1.29, 1.82) is 0 Å². The Bertz CT molecular complexity index is 925. The molecule has 1 fully saturated rings. The number of rotatable bonds is 5. The van der Waals surface area contributed by atoms with E-state index in [1.54, 1.807) is 18.4 Å². The molecule has 1 heterocycles. The lowest BCUT2D eigenvalue weighted by atomic mass is 9.82. The van der Waals surface area contributed by atoms with Gasteiger partial charge in [-0.2, -0.15) is 13.2 Å². The van der Waals surface area contributed by atoms with E-state index < -0.39 is 23.2 Å². The number of benzene rings is 2. The van der Waals surface area contributed by atoms with E-state index >= 15 is 0 Å². The standard InChI is InChI=1S/C22H24F4N2O2S/c1-28-10-4-9-21(13-28,14-5-7-16(23)8-6-14)27-20(29)19-17(30-2)11-15(22(24,25)26)12-18(19)31-3/h5-8,11-12H,4,9-10,13H2,1-3H3,(H,27,29). The number of thioether (sulfide) groups is 1. The number of amides is 1. The summed E-state index contributed by atoms with van der Waals surface area (Å²) < 4.78 is 58.5. The Labute approximate surface area is 183 Å². The average molecular weight is 457 g/mol. The SMILES string of the molecule is COc1cc(C(F)(F)F)cc(SC)c1C(=O)NC1(c2ccc(F)cc2)CCCN(C)C1. The van der Waals surface area contributed by atoms with Gasteiger partial charge in [-0.15, -0.1) is 11.8 Å². The summed E-state index contributed by atoms with van der Waals surface area (Å²) in [6.45, 7) is 1.33. The predicted molar refractivity (Wildman–Crippen MR) is 112 cm³/mol. The van der Waals surface area contributed by atoms with E-state index in [4.69, 9.17) is 4.74 Å². The molecule has 1 N–H and O–H groups in total. The quantitative estimate of drug-likeness (QED) is 0.512. The van der Waals surface area contributed by atoms with Crippen molar-refractivity contribution in [3.63, 3.8) is 0 Å². The monoisotopic (exact) mass is 456 g/mol. The fourth-order valence-corrected chi connectivity index (χ4v) is 4.67. The fraction of sp³-hybridized carbons (Fsp3) is 0.409. The number of halogens is 4. The van der Waals surface area contributed by atoms with Crippen molar-refractivity contribution in [2.45, 2.75) is 29.5 Å². The highest BCUT2D eigenvalue weighted by Crippen LogP contribution is 2.39. The zero-order valence-electron chi connectivity index (χ0n) is 17.5. The first-order valence-corrected chi connectivity index (χ1v) is 10.9. The third-order valence-corrected chi connectivity index (χ3v) is 6.25. The molecule has 168 valence electrons. The number of alkyl halides is 3. The molecule has 1 unspecified atom stereocenters. The normalized spacial score (nSPS) is 19.8. The number of piperidine rings is 1. The molecule has 0 aliphatic carbocycles. The molecule has 1 aliphatic rings. The largest absolute Gasteiger partial charge is 0.496 e. The summed E-state index contributed by atoms with van der Waals surface area (Å²) in [7, 11) is 3.16. The zero-order chi connectivity index (χ0) is 22.8. The maximum absolute atomic E-state index is 13.5. The smallest absolute Gasteiger partial charge is 0.416 e. The molecule has 0 spiro atoms. The number of nitrogens with one attached hydrogen (secondary N) is 1. The summed E-state index contributed by atoms with van der Waals surface area (Å²) in [6, 6.07) is 7.74. The highest BCUT2D eigenvalue weighted by molar-refractivity contribution is 7.98. The van der Waals surface area contributed by atoms with E-state index in [2.05, 4.69) is 10.2 Å². The van der Waals surface area contributed by atoms with Gasteiger partial charge in [0.05, 0.1) is 23.8 Å². The van der Waals surface area contributed by atoms with Crippen LogP contribution in [0.15, 0.2) is 41.3 Å². The van der Waals surface area contributed by atoms with Crippen molar-refractivity contribution < 1.29 is 27.1 Å². The maximum Gasteiger partial charge on any atom is 0.416 e. The number of ether oxygens (including phenoxy) is 1. The number of carbonyl (C=O) groups is 1. The Morgan fingerprint density at radius 1 is 1.23 bits per heavy atom. The molecule has 0 radical (unpaired) electrons. The number of methoxy groups -OCH3 is 1. The van der Waals surface area contributed by atoms with E-state index in [1.807, 2.05) is 7.05 Å². The average Bonchev–Trinajstić information content (AvgIpc) is 2.72. The molecule has 0 aromatic heterocycles. The van der Waals surface area contributed by atoms with Crippen LogP contribution in [0, 0.1) is 5.82 Å². The molecule has 1 amide bonds. The molecule has 31 heavy (non-hydrogen) atoms. The van der Waals surface area contributed by atoms with E-state index in [9.17, 15) is 22.4 Å². The van der Waals surface area contributed by atoms with Crippen LogP contribution in [-0.2, 0) is 11.7 Å². The summed E-state index contributed by atoms with van der Waals surface area (Å²) in [5.74, 6) is -1.06. The van der Waals surface area contributed by atoms with Crippen LogP contribution in [0.25, 0.3) is 0 Å². The van der Waals surface area contributed by atoms with Crippen molar-refractivity contribution >= 4 is 17.7 Å². The van der Waals surface area contributed by atoms with Crippen molar-refractivity contribution in [1.82, 2.24) is 10.2 Å². The molecule has 2 aromatic carbocycles. The van der Waals surface area contributed by atoms with Crippen molar-refractivity contribution in [3.8, 4) is 5.75 Å². The molecule has 4 nitrogen and oxygen atoms in total. The van der Waals surface area contributed by atoms with Gasteiger partial charge in [-0.1, -0.05) is 12.1 Å². The number of nitrogens with zero attached hydrogens (tertiary/aromatic N) is 1. The molecule has 9 heteroatoms. The minimum Gasteiger partial charge on any atom is -0.496 e. The van der Waals surface area contributed by atoms with Gasteiger partial charge < -0.3 is 15.0 Å². The van der Waals surface area contributed by atoms with Gasteiger partial charge in [0.15, 0.2) is 0 Å². The minimum atomic E-state index is -4.56. The van der Waals surface area contributed by atoms with Crippen LogP contribution in [0.5, 0.6) is 5.75 Å². The lowest BCUT2D eigenvalue weighted by Crippen LogP contribution is -2.55. The van der Waals surface area contributed by atoms with Crippen molar-refractivity contribution in [2.75, 3.05) is 33.5 Å². The lowest BCUT2D eigenvalue weighted by molar-refractivity contribution is -0.137. The number of carbonyl (C=O) groups excluding carboxylic acids is 1. The van der Waals surface area contributed by atoms with Gasteiger partial charge in [-0.05, 0) is 62.5 Å². The summed E-state index contributed by atoms with van der Waals surface area (Å²) in [5.41, 5.74) is -0.889. The molecule has 2 aromatic rings. The third kappa shape index (κ3) is 4.98. The van der Waals surface area contributed by atoms with Gasteiger partial charge in [0, 0.05) is 11.4 Å². The van der Waals surface area contributed by atoms with Crippen LogP contribution in [0.3, 0.4) is 0 Å². The second kappa shape index (κ2) is 9.08. The summed E-state index contributed by atoms with van der Waals surface area (Å²) in [5, 5.41) is 3.04. The van der Waals surface area contributed by atoms with Crippen LogP contribution in [-0.4, -0.2) is 44.3 Å². The first-order chi connectivity index (χ1) is 14.6. The Morgan fingerprint density at radius 3 is 2.45 bits per heavy atom. The molecule has 1 saturated heterocycles. The van der Waals surface area contributed by atoms with Gasteiger partial charge in [-0.3, -0.25) is 4.79 Å². The third-order valence-electron chi connectivity index (χ3n) is 5.49. The van der Waals surface area contributed by atoms with E-state index in [-0.39, 0.29) is 22.0 Å². The predicted octanol–water partition coefficient (Wildman–Crippen LogP) is 4.93.